The van der Waals surface area contributed by atoms with E-state index < -0.39 is 30.0 Å². The SMILES string of the molecule is CCn1c(=O)cc(C)c2ccc(NC(=O)[C@H](CCCCN)NC(=O)[C@H](COCc3ccccc3)NC(=O)OCC3c4ccccc4-c4ccccc43)cc21. The van der Waals surface area contributed by atoms with Gasteiger partial charge in [-0.1, -0.05) is 84.9 Å². The van der Waals surface area contributed by atoms with E-state index in [9.17, 15) is 19.2 Å². The molecule has 2 atom stereocenters. The zero-order valence-corrected chi connectivity index (χ0v) is 30.7. The van der Waals surface area contributed by atoms with E-state index in [0.29, 0.717) is 43.6 Å². The van der Waals surface area contributed by atoms with E-state index in [-0.39, 0.29) is 31.3 Å². The lowest BCUT2D eigenvalue weighted by Gasteiger charge is -2.24. The number of aromatic nitrogens is 1. The molecule has 280 valence electrons. The molecule has 11 nitrogen and oxygen atoms in total. The van der Waals surface area contributed by atoms with E-state index in [4.69, 9.17) is 15.2 Å². The number of nitrogens with one attached hydrogen (secondary N) is 3. The molecule has 0 aliphatic heterocycles. The summed E-state index contributed by atoms with van der Waals surface area (Å²) in [4.78, 5) is 53.8. The van der Waals surface area contributed by atoms with Crippen molar-refractivity contribution in [3.8, 4) is 11.1 Å². The average Bonchev–Trinajstić information content (AvgIpc) is 3.50. The molecule has 1 aliphatic carbocycles. The number of fused-ring (bicyclic) bond motifs is 4. The minimum Gasteiger partial charge on any atom is -0.449 e. The van der Waals surface area contributed by atoms with Crippen molar-refractivity contribution in [1.29, 1.82) is 0 Å². The van der Waals surface area contributed by atoms with Crippen molar-refractivity contribution in [2.75, 3.05) is 25.1 Å². The maximum Gasteiger partial charge on any atom is 0.407 e. The molecule has 0 radical (unpaired) electrons. The number of alkyl carbamates (subject to hydrolysis) is 1. The lowest BCUT2D eigenvalue weighted by molar-refractivity contribution is -0.129. The molecule has 5 N–H and O–H groups in total. The molecule has 4 aromatic carbocycles. The second kappa shape index (κ2) is 17.8. The van der Waals surface area contributed by atoms with E-state index in [1.807, 2.05) is 86.6 Å². The molecule has 1 aromatic heterocycles. The number of carbonyl (C=O) groups is 3. The minimum absolute atomic E-state index is 0.0698. The molecule has 1 aliphatic rings. The molecular weight excluding hydrogens is 683 g/mol. The summed E-state index contributed by atoms with van der Waals surface area (Å²) in [7, 11) is 0. The molecule has 54 heavy (non-hydrogen) atoms. The molecule has 0 fully saturated rings. The van der Waals surface area contributed by atoms with Crippen molar-refractivity contribution in [2.45, 2.75) is 64.3 Å². The molecule has 0 spiro atoms. The van der Waals surface area contributed by atoms with Gasteiger partial charge in [0.2, 0.25) is 11.8 Å². The van der Waals surface area contributed by atoms with Crippen LogP contribution >= 0.6 is 0 Å². The largest absolute Gasteiger partial charge is 0.449 e. The van der Waals surface area contributed by atoms with Crippen LogP contribution in [0.4, 0.5) is 10.5 Å². The molecule has 0 saturated carbocycles. The van der Waals surface area contributed by atoms with E-state index in [2.05, 4.69) is 28.1 Å². The number of nitrogens with two attached hydrogens (primary N) is 1. The number of benzene rings is 4. The van der Waals surface area contributed by atoms with Gasteiger partial charge >= 0.3 is 6.09 Å². The highest BCUT2D eigenvalue weighted by atomic mass is 16.5. The average molecular weight is 730 g/mol. The van der Waals surface area contributed by atoms with Gasteiger partial charge in [0.15, 0.2) is 0 Å². The quantitative estimate of drug-likeness (QED) is 0.0909. The Labute approximate surface area is 314 Å². The standard InChI is InChI=1S/C43H47N5O6/c1-3-48-39-24-30(20-21-31(39)28(2)23-40(48)49)45-41(50)37(19-11-12-22-44)46-42(51)38(27-53-25-29-13-5-4-6-14-29)47-43(52)54-26-36-34-17-9-7-15-32(34)33-16-8-10-18-35(33)36/h4-10,13-18,20-21,23-24,36-38H,3,11-12,19,22,25-27,44H2,1-2H3,(H,45,50)(H,46,51)(H,47,52)/t37-,38-/m0/s1. The number of amides is 3. The van der Waals surface area contributed by atoms with E-state index >= 15 is 0 Å². The molecule has 0 saturated heterocycles. The van der Waals surface area contributed by atoms with Crippen LogP contribution in [-0.2, 0) is 32.2 Å². The summed E-state index contributed by atoms with van der Waals surface area (Å²) in [6.07, 6.45) is 0.761. The van der Waals surface area contributed by atoms with Crippen molar-refractivity contribution < 1.29 is 23.9 Å². The van der Waals surface area contributed by atoms with Crippen LogP contribution in [0, 0.1) is 6.92 Å². The fraction of sp³-hybridized carbons (Fsp3) is 0.302. The van der Waals surface area contributed by atoms with Crippen molar-refractivity contribution in [3.05, 3.63) is 136 Å². The second-order valence-corrected chi connectivity index (χ2v) is 13.5. The minimum atomic E-state index is -1.17. The van der Waals surface area contributed by atoms with Gasteiger partial charge in [-0.15, -0.1) is 0 Å². The number of rotatable bonds is 16. The Bertz CT molecular complexity index is 2120. The van der Waals surface area contributed by atoms with Crippen LogP contribution in [-0.4, -0.2) is 54.3 Å². The molecule has 0 bridgehead atoms. The number of nitrogens with zero attached hydrogens (tertiary/aromatic N) is 1. The Hall–Kier alpha value is -5.78. The lowest BCUT2D eigenvalue weighted by atomic mass is 9.98. The summed E-state index contributed by atoms with van der Waals surface area (Å²) in [6, 6.07) is 30.5. The van der Waals surface area contributed by atoms with Crippen LogP contribution in [0.1, 0.15) is 54.4 Å². The number of hydrogen-bond donors (Lipinski definition) is 4. The Balaban J connectivity index is 1.17. The third-order valence-electron chi connectivity index (χ3n) is 9.83. The second-order valence-electron chi connectivity index (χ2n) is 13.5. The molecule has 0 unspecified atom stereocenters. The number of pyridine rings is 1. The number of unbranched alkanes of at least 4 members (excludes halogenated alkanes) is 1. The normalized spacial score (nSPS) is 13.1. The third-order valence-corrected chi connectivity index (χ3v) is 9.83. The summed E-state index contributed by atoms with van der Waals surface area (Å²) < 4.78 is 13.3. The first-order valence-electron chi connectivity index (χ1n) is 18.5. The van der Waals surface area contributed by atoms with Crippen LogP contribution in [0.25, 0.3) is 22.0 Å². The molecule has 5 aromatic rings. The highest BCUT2D eigenvalue weighted by Crippen LogP contribution is 2.44. The number of hydrogen-bond acceptors (Lipinski definition) is 7. The van der Waals surface area contributed by atoms with Gasteiger partial charge < -0.3 is 35.7 Å². The maximum absolute atomic E-state index is 13.9. The topological polar surface area (TPSA) is 154 Å². The van der Waals surface area contributed by atoms with Crippen LogP contribution in [0.2, 0.25) is 0 Å². The Morgan fingerprint density at radius 1 is 0.815 bits per heavy atom. The first-order valence-corrected chi connectivity index (χ1v) is 18.5. The van der Waals surface area contributed by atoms with Gasteiger partial charge in [-0.05, 0) is 85.2 Å². The van der Waals surface area contributed by atoms with Gasteiger partial charge in [-0.2, -0.15) is 0 Å². The van der Waals surface area contributed by atoms with Crippen molar-refractivity contribution in [1.82, 2.24) is 15.2 Å². The summed E-state index contributed by atoms with van der Waals surface area (Å²) in [5.74, 6) is -1.20. The van der Waals surface area contributed by atoms with Crippen LogP contribution < -0.4 is 27.2 Å². The van der Waals surface area contributed by atoms with Gasteiger partial charge in [0.05, 0.1) is 18.7 Å². The Morgan fingerprint density at radius 3 is 2.19 bits per heavy atom. The van der Waals surface area contributed by atoms with E-state index in [1.165, 1.54) is 0 Å². The predicted molar refractivity (Wildman–Crippen MR) is 210 cm³/mol. The van der Waals surface area contributed by atoms with Crippen molar-refractivity contribution in [2.24, 2.45) is 5.73 Å². The van der Waals surface area contributed by atoms with Gasteiger partial charge in [-0.3, -0.25) is 14.4 Å². The molecule has 3 amide bonds. The third kappa shape index (κ3) is 8.87. The summed E-state index contributed by atoms with van der Waals surface area (Å²) in [5, 5.41) is 9.38. The van der Waals surface area contributed by atoms with Gasteiger partial charge in [-0.25, -0.2) is 4.79 Å². The van der Waals surface area contributed by atoms with Crippen molar-refractivity contribution >= 4 is 34.5 Å². The first kappa shape index (κ1) is 38.0. The van der Waals surface area contributed by atoms with Crippen LogP contribution in [0.5, 0.6) is 0 Å². The maximum atomic E-state index is 13.9. The Morgan fingerprint density at radius 2 is 1.50 bits per heavy atom. The fourth-order valence-electron chi connectivity index (χ4n) is 7.05. The Kier molecular flexibility index (Phi) is 12.5. The molecule has 1 heterocycles. The molecule has 6 rings (SSSR count). The van der Waals surface area contributed by atoms with Crippen molar-refractivity contribution in [3.63, 3.8) is 0 Å². The summed E-state index contributed by atoms with van der Waals surface area (Å²) in [5.41, 5.74) is 12.9. The van der Waals surface area contributed by atoms with Gasteiger partial charge in [0, 0.05) is 29.6 Å². The smallest absolute Gasteiger partial charge is 0.407 e. The first-order chi connectivity index (χ1) is 26.3. The zero-order chi connectivity index (χ0) is 38.0. The van der Waals surface area contributed by atoms with Crippen LogP contribution in [0.3, 0.4) is 0 Å². The molecular formula is C43H47N5O6. The fourth-order valence-corrected chi connectivity index (χ4v) is 7.05. The molecule has 11 heteroatoms. The highest BCUT2D eigenvalue weighted by molar-refractivity contribution is 5.99. The van der Waals surface area contributed by atoms with E-state index in [0.717, 1.165) is 38.8 Å². The van der Waals surface area contributed by atoms with Gasteiger partial charge in [0.25, 0.3) is 5.56 Å². The van der Waals surface area contributed by atoms with E-state index in [1.54, 1.807) is 22.8 Å². The summed E-state index contributed by atoms with van der Waals surface area (Å²) >= 11 is 0. The summed E-state index contributed by atoms with van der Waals surface area (Å²) in [6.45, 7) is 4.78. The zero-order valence-electron chi connectivity index (χ0n) is 30.7. The monoisotopic (exact) mass is 729 g/mol. The van der Waals surface area contributed by atoms with Gasteiger partial charge in [0.1, 0.15) is 18.7 Å². The highest BCUT2D eigenvalue weighted by Gasteiger charge is 2.31. The predicted octanol–water partition coefficient (Wildman–Crippen LogP) is 6.01. The van der Waals surface area contributed by atoms with Crippen LogP contribution in [0.15, 0.2) is 108 Å². The lowest BCUT2D eigenvalue weighted by Crippen LogP contribution is -2.54. The number of aryl methyl sites for hydroxylation is 2. The number of ether oxygens (including phenoxy) is 2. The number of carbonyl (C=O) groups excluding carboxylic acids is 3. The number of anilines is 1.